The van der Waals surface area contributed by atoms with E-state index in [0.717, 1.165) is 0 Å². The van der Waals surface area contributed by atoms with E-state index in [4.69, 9.17) is 14.2 Å². The van der Waals surface area contributed by atoms with Crippen molar-refractivity contribution >= 4 is 12.0 Å². The summed E-state index contributed by atoms with van der Waals surface area (Å²) in [4.78, 5) is 20.3. The second kappa shape index (κ2) is 5.69. The number of ether oxygens (including phenoxy) is 3. The lowest BCUT2D eigenvalue weighted by Gasteiger charge is -2.12. The van der Waals surface area contributed by atoms with E-state index in [-0.39, 0.29) is 29.5 Å². The molecule has 7 nitrogen and oxygen atoms in total. The minimum absolute atomic E-state index is 0.137. The third kappa shape index (κ3) is 2.83. The van der Waals surface area contributed by atoms with Crippen LogP contribution >= 0.6 is 0 Å². The molecule has 17 heavy (non-hydrogen) atoms. The Morgan fingerprint density at radius 3 is 2.18 bits per heavy atom. The molecule has 0 aliphatic carbocycles. The van der Waals surface area contributed by atoms with E-state index in [9.17, 15) is 14.9 Å². The van der Waals surface area contributed by atoms with Crippen LogP contribution in [0.15, 0.2) is 12.1 Å². The number of benzene rings is 1. The Hall–Kier alpha value is -2.31. The monoisotopic (exact) mass is 241 g/mol. The van der Waals surface area contributed by atoms with Gasteiger partial charge in [0.1, 0.15) is 6.61 Å². The minimum atomic E-state index is -0.575. The number of carbonyl (C=O) groups is 1. The van der Waals surface area contributed by atoms with Gasteiger partial charge in [0.25, 0.3) is 5.69 Å². The highest BCUT2D eigenvalue weighted by molar-refractivity contribution is 5.60. The number of rotatable bonds is 6. The number of nitro benzene ring substituents is 1. The van der Waals surface area contributed by atoms with Gasteiger partial charge in [0.05, 0.1) is 31.3 Å². The van der Waals surface area contributed by atoms with E-state index in [2.05, 4.69) is 0 Å². The summed E-state index contributed by atoms with van der Waals surface area (Å²) in [5.74, 6) is 0.434. The summed E-state index contributed by atoms with van der Waals surface area (Å²) >= 11 is 0. The molecule has 0 aliphatic rings. The van der Waals surface area contributed by atoms with Crippen molar-refractivity contribution in [1.29, 1.82) is 0 Å². The third-order valence-electron chi connectivity index (χ3n) is 1.95. The van der Waals surface area contributed by atoms with Crippen LogP contribution in [0.4, 0.5) is 5.69 Å². The van der Waals surface area contributed by atoms with Gasteiger partial charge in [0.15, 0.2) is 17.8 Å². The second-order valence-electron chi connectivity index (χ2n) is 2.91. The predicted molar refractivity (Wildman–Crippen MR) is 57.8 cm³/mol. The van der Waals surface area contributed by atoms with Crippen molar-refractivity contribution in [1.82, 2.24) is 0 Å². The molecule has 92 valence electrons. The van der Waals surface area contributed by atoms with Crippen molar-refractivity contribution in [2.75, 3.05) is 20.8 Å². The van der Waals surface area contributed by atoms with Gasteiger partial charge in [-0.2, -0.15) is 0 Å². The van der Waals surface area contributed by atoms with Gasteiger partial charge in [0.2, 0.25) is 5.75 Å². The van der Waals surface area contributed by atoms with Crippen molar-refractivity contribution in [3.05, 3.63) is 22.2 Å². The van der Waals surface area contributed by atoms with Gasteiger partial charge in [0, 0.05) is 0 Å². The predicted octanol–water partition coefficient (Wildman–Crippen LogP) is 1.19. The minimum Gasteiger partial charge on any atom is -0.492 e. The maximum Gasteiger partial charge on any atom is 0.277 e. The fourth-order valence-electron chi connectivity index (χ4n) is 1.23. The van der Waals surface area contributed by atoms with E-state index in [1.165, 1.54) is 26.4 Å². The zero-order valence-corrected chi connectivity index (χ0v) is 9.34. The zero-order valence-electron chi connectivity index (χ0n) is 9.34. The number of hydrogen-bond donors (Lipinski definition) is 0. The first-order valence-corrected chi connectivity index (χ1v) is 4.60. The summed E-state index contributed by atoms with van der Waals surface area (Å²) in [5, 5.41) is 10.7. The Balaban J connectivity index is 3.25. The summed E-state index contributed by atoms with van der Waals surface area (Å²) in [6, 6.07) is 2.39. The molecule has 1 aromatic rings. The van der Waals surface area contributed by atoms with Crippen LogP contribution < -0.4 is 14.2 Å². The fraction of sp³-hybridized carbons (Fsp3) is 0.300. The number of nitrogens with zero attached hydrogens (tertiary/aromatic N) is 1. The lowest BCUT2D eigenvalue weighted by molar-refractivity contribution is -0.385. The summed E-state index contributed by atoms with van der Waals surface area (Å²) < 4.78 is 15.0. The molecule has 0 fully saturated rings. The maximum absolute atomic E-state index is 10.7. The van der Waals surface area contributed by atoms with E-state index < -0.39 is 4.92 Å². The topological polar surface area (TPSA) is 87.9 Å². The number of hydrogen-bond acceptors (Lipinski definition) is 6. The Morgan fingerprint density at radius 2 is 1.82 bits per heavy atom. The molecule has 0 saturated carbocycles. The Bertz CT molecular complexity index is 406. The first-order chi connectivity index (χ1) is 8.13. The van der Waals surface area contributed by atoms with Gasteiger partial charge in [-0.3, -0.25) is 14.9 Å². The van der Waals surface area contributed by atoms with E-state index in [1.54, 1.807) is 0 Å². The molecular formula is C10H11NO6. The van der Waals surface area contributed by atoms with Crippen LogP contribution in [0.1, 0.15) is 0 Å². The molecule has 0 amide bonds. The first kappa shape index (κ1) is 12.8. The second-order valence-corrected chi connectivity index (χ2v) is 2.91. The number of carbonyl (C=O) groups excluding carboxylic acids is 1. The molecule has 0 aromatic heterocycles. The summed E-state index contributed by atoms with van der Waals surface area (Å²) in [6.07, 6.45) is 0.556. The van der Waals surface area contributed by atoms with Crippen LogP contribution in [0, 0.1) is 10.1 Å². The number of methoxy groups -OCH3 is 2. The summed E-state index contributed by atoms with van der Waals surface area (Å²) in [5.41, 5.74) is -0.183. The number of aldehydes is 1. The molecule has 0 spiro atoms. The normalized spacial score (nSPS) is 9.53. The Morgan fingerprint density at radius 1 is 1.29 bits per heavy atom. The highest BCUT2D eigenvalue weighted by Gasteiger charge is 2.19. The van der Waals surface area contributed by atoms with Crippen LogP contribution in [0.3, 0.4) is 0 Å². The highest BCUT2D eigenvalue weighted by Crippen LogP contribution is 2.40. The lowest BCUT2D eigenvalue weighted by Crippen LogP contribution is -2.03. The van der Waals surface area contributed by atoms with Crippen molar-refractivity contribution in [3.63, 3.8) is 0 Å². The molecule has 0 N–H and O–H groups in total. The smallest absolute Gasteiger partial charge is 0.277 e. The largest absolute Gasteiger partial charge is 0.492 e. The molecule has 7 heteroatoms. The standard InChI is InChI=1S/C10H11NO6/c1-15-8-5-7(11(13)14)6-9(16-2)10(8)17-4-3-12/h3,5-6H,4H2,1-2H3. The van der Waals surface area contributed by atoms with E-state index in [0.29, 0.717) is 6.29 Å². The van der Waals surface area contributed by atoms with Crippen molar-refractivity contribution in [2.45, 2.75) is 0 Å². The molecule has 0 radical (unpaired) electrons. The van der Waals surface area contributed by atoms with Crippen LogP contribution in [0.5, 0.6) is 17.2 Å². The van der Waals surface area contributed by atoms with Gasteiger partial charge < -0.3 is 14.2 Å². The molecule has 0 aliphatic heterocycles. The highest BCUT2D eigenvalue weighted by atomic mass is 16.6. The summed E-state index contributed by atoms with van der Waals surface area (Å²) in [7, 11) is 2.68. The average molecular weight is 241 g/mol. The van der Waals surface area contributed by atoms with Gasteiger partial charge in [-0.25, -0.2) is 0 Å². The van der Waals surface area contributed by atoms with Crippen molar-refractivity contribution < 1.29 is 23.9 Å². The van der Waals surface area contributed by atoms with Gasteiger partial charge >= 0.3 is 0 Å². The Labute approximate surface area is 97.0 Å². The van der Waals surface area contributed by atoms with E-state index in [1.807, 2.05) is 0 Å². The van der Waals surface area contributed by atoms with Crippen LogP contribution in [0.2, 0.25) is 0 Å². The van der Waals surface area contributed by atoms with Crippen LogP contribution in [0.25, 0.3) is 0 Å². The molecule has 0 unspecified atom stereocenters. The SMILES string of the molecule is COc1cc([N+](=O)[O-])cc(OC)c1OCC=O. The van der Waals surface area contributed by atoms with Crippen LogP contribution in [-0.4, -0.2) is 32.0 Å². The number of non-ortho nitro benzene ring substituents is 1. The van der Waals surface area contributed by atoms with Gasteiger partial charge in [-0.15, -0.1) is 0 Å². The maximum atomic E-state index is 10.7. The molecule has 1 aromatic carbocycles. The van der Waals surface area contributed by atoms with E-state index >= 15 is 0 Å². The molecule has 0 heterocycles. The molecule has 0 saturated heterocycles. The molecular weight excluding hydrogens is 230 g/mol. The Kier molecular flexibility index (Phi) is 4.27. The summed E-state index contributed by atoms with van der Waals surface area (Å²) in [6.45, 7) is -0.190. The first-order valence-electron chi connectivity index (χ1n) is 4.60. The average Bonchev–Trinajstić information content (AvgIpc) is 2.34. The lowest BCUT2D eigenvalue weighted by atomic mass is 10.2. The van der Waals surface area contributed by atoms with Crippen LogP contribution in [-0.2, 0) is 4.79 Å². The molecule has 0 atom stereocenters. The fourth-order valence-corrected chi connectivity index (χ4v) is 1.23. The van der Waals surface area contributed by atoms with Crippen molar-refractivity contribution in [3.8, 4) is 17.2 Å². The number of nitro groups is 1. The quantitative estimate of drug-likeness (QED) is 0.422. The van der Waals surface area contributed by atoms with Crippen molar-refractivity contribution in [2.24, 2.45) is 0 Å². The molecule has 1 rings (SSSR count). The zero-order chi connectivity index (χ0) is 12.8. The molecule has 0 bridgehead atoms. The van der Waals surface area contributed by atoms with Gasteiger partial charge in [-0.05, 0) is 0 Å². The third-order valence-corrected chi connectivity index (χ3v) is 1.95. The van der Waals surface area contributed by atoms with Gasteiger partial charge in [-0.1, -0.05) is 0 Å².